The fourth-order valence-electron chi connectivity index (χ4n) is 0.764. The zero-order valence-electron chi connectivity index (χ0n) is 6.07. The van der Waals surface area contributed by atoms with Gasteiger partial charge in [-0.05, 0) is 22.6 Å². The Kier molecular flexibility index (Phi) is 3.04. The van der Waals surface area contributed by atoms with Gasteiger partial charge in [0.05, 0.1) is 19.3 Å². The van der Waals surface area contributed by atoms with Crippen molar-refractivity contribution in [2.75, 3.05) is 6.61 Å². The first-order chi connectivity index (χ1) is 5.66. The Morgan fingerprint density at radius 1 is 1.75 bits per heavy atom. The summed E-state index contributed by atoms with van der Waals surface area (Å²) in [6, 6.07) is 0. The van der Waals surface area contributed by atoms with Gasteiger partial charge in [-0.1, -0.05) is 0 Å². The molecule has 5 nitrogen and oxygen atoms in total. The SMILES string of the molecule is O=C(O)c1cnn(CCO)c1I. The molecule has 0 aliphatic heterocycles. The normalized spacial score (nSPS) is 10.2. The Morgan fingerprint density at radius 2 is 2.42 bits per heavy atom. The van der Waals surface area contributed by atoms with Crippen LogP contribution in [0.1, 0.15) is 10.4 Å². The lowest BCUT2D eigenvalue weighted by molar-refractivity contribution is 0.0695. The molecule has 0 amide bonds. The lowest BCUT2D eigenvalue weighted by Crippen LogP contribution is -2.07. The van der Waals surface area contributed by atoms with Crippen LogP contribution in [0.25, 0.3) is 0 Å². The van der Waals surface area contributed by atoms with Crippen LogP contribution >= 0.6 is 22.6 Å². The summed E-state index contributed by atoms with van der Waals surface area (Å²) in [5.41, 5.74) is 0.170. The first-order valence-corrected chi connectivity index (χ1v) is 4.30. The van der Waals surface area contributed by atoms with E-state index in [1.54, 1.807) is 0 Å². The molecule has 0 spiro atoms. The van der Waals surface area contributed by atoms with Gasteiger partial charge in [-0.2, -0.15) is 5.10 Å². The van der Waals surface area contributed by atoms with Crippen LogP contribution in [-0.2, 0) is 6.54 Å². The standard InChI is InChI=1S/C6H7IN2O3/c7-5-4(6(11)12)3-8-9(5)1-2-10/h3,10H,1-2H2,(H,11,12). The van der Waals surface area contributed by atoms with Crippen molar-refractivity contribution in [2.24, 2.45) is 0 Å². The van der Waals surface area contributed by atoms with E-state index in [1.165, 1.54) is 10.9 Å². The van der Waals surface area contributed by atoms with E-state index < -0.39 is 5.97 Å². The van der Waals surface area contributed by atoms with Gasteiger partial charge in [-0.25, -0.2) is 4.79 Å². The molecule has 0 aromatic carbocycles. The van der Waals surface area contributed by atoms with Crippen molar-refractivity contribution in [3.63, 3.8) is 0 Å². The van der Waals surface area contributed by atoms with E-state index >= 15 is 0 Å². The molecule has 0 atom stereocenters. The molecule has 1 aromatic rings. The van der Waals surface area contributed by atoms with E-state index in [1.807, 2.05) is 22.6 Å². The highest BCUT2D eigenvalue weighted by Gasteiger charge is 2.13. The molecule has 1 aromatic heterocycles. The second-order valence-electron chi connectivity index (χ2n) is 2.10. The van der Waals surface area contributed by atoms with Gasteiger partial charge in [0, 0.05) is 0 Å². The summed E-state index contributed by atoms with van der Waals surface area (Å²) in [6.07, 6.45) is 1.28. The molecule has 0 saturated heterocycles. The van der Waals surface area contributed by atoms with Crippen molar-refractivity contribution < 1.29 is 15.0 Å². The molecule has 1 heterocycles. The first kappa shape index (κ1) is 9.46. The van der Waals surface area contributed by atoms with Crippen molar-refractivity contribution in [3.8, 4) is 0 Å². The monoisotopic (exact) mass is 282 g/mol. The van der Waals surface area contributed by atoms with Gasteiger partial charge >= 0.3 is 5.97 Å². The maximum Gasteiger partial charge on any atom is 0.340 e. The highest BCUT2D eigenvalue weighted by atomic mass is 127. The number of carboxylic acid groups (broad SMARTS) is 1. The first-order valence-electron chi connectivity index (χ1n) is 3.22. The molecule has 0 aliphatic carbocycles. The number of aromatic nitrogens is 2. The van der Waals surface area contributed by atoms with Gasteiger partial charge in [-0.15, -0.1) is 0 Å². The third kappa shape index (κ3) is 1.75. The molecular weight excluding hydrogens is 275 g/mol. The summed E-state index contributed by atoms with van der Waals surface area (Å²) < 4.78 is 1.98. The summed E-state index contributed by atoms with van der Waals surface area (Å²) in [5, 5.41) is 21.0. The number of nitrogens with zero attached hydrogens (tertiary/aromatic N) is 2. The number of carbonyl (C=O) groups is 1. The molecule has 0 saturated carbocycles. The molecule has 0 bridgehead atoms. The number of aliphatic hydroxyl groups is 1. The summed E-state index contributed by atoms with van der Waals surface area (Å²) in [4.78, 5) is 10.5. The van der Waals surface area contributed by atoms with E-state index in [-0.39, 0.29) is 12.2 Å². The lowest BCUT2D eigenvalue weighted by atomic mass is 10.4. The Hall–Kier alpha value is -0.630. The van der Waals surface area contributed by atoms with Gasteiger partial charge in [0.25, 0.3) is 0 Å². The van der Waals surface area contributed by atoms with Crippen molar-refractivity contribution >= 4 is 28.6 Å². The van der Waals surface area contributed by atoms with Crippen molar-refractivity contribution in [1.82, 2.24) is 9.78 Å². The number of rotatable bonds is 3. The number of halogens is 1. The van der Waals surface area contributed by atoms with E-state index in [0.717, 1.165) is 0 Å². The van der Waals surface area contributed by atoms with Crippen LogP contribution in [-0.4, -0.2) is 32.6 Å². The Bertz CT molecular complexity index is 297. The lowest BCUT2D eigenvalue weighted by Gasteiger charge is -1.98. The summed E-state index contributed by atoms with van der Waals surface area (Å²) in [5.74, 6) is -0.997. The molecule has 2 N–H and O–H groups in total. The Balaban J connectivity index is 2.96. The summed E-state index contributed by atoms with van der Waals surface area (Å²) in [6.45, 7) is 0.280. The van der Waals surface area contributed by atoms with E-state index in [2.05, 4.69) is 5.10 Å². The van der Waals surface area contributed by atoms with Crippen molar-refractivity contribution in [1.29, 1.82) is 0 Å². The van der Waals surface area contributed by atoms with E-state index in [4.69, 9.17) is 10.2 Å². The average molecular weight is 282 g/mol. The van der Waals surface area contributed by atoms with Crippen LogP contribution in [0.2, 0.25) is 0 Å². The number of aromatic carboxylic acids is 1. The molecule has 0 aliphatic rings. The van der Waals surface area contributed by atoms with Gasteiger partial charge in [-0.3, -0.25) is 4.68 Å². The predicted molar refractivity (Wildman–Crippen MR) is 49.0 cm³/mol. The molecule has 0 unspecified atom stereocenters. The minimum Gasteiger partial charge on any atom is -0.478 e. The third-order valence-electron chi connectivity index (χ3n) is 1.32. The summed E-state index contributed by atoms with van der Waals surface area (Å²) >= 11 is 1.88. The smallest absolute Gasteiger partial charge is 0.340 e. The highest BCUT2D eigenvalue weighted by Crippen LogP contribution is 2.10. The Labute approximate surface area is 82.1 Å². The minimum atomic E-state index is -0.997. The zero-order chi connectivity index (χ0) is 9.14. The number of aliphatic hydroxyl groups excluding tert-OH is 1. The maximum atomic E-state index is 10.5. The minimum absolute atomic E-state index is 0.0449. The topological polar surface area (TPSA) is 75.3 Å². The van der Waals surface area contributed by atoms with Gasteiger partial charge in [0.1, 0.15) is 9.26 Å². The van der Waals surface area contributed by atoms with Gasteiger partial charge in [0.2, 0.25) is 0 Å². The second kappa shape index (κ2) is 3.85. The number of carboxylic acids is 1. The Morgan fingerprint density at radius 3 is 2.83 bits per heavy atom. The van der Waals surface area contributed by atoms with E-state index in [9.17, 15) is 4.79 Å². The molecule has 66 valence electrons. The molecular formula is C6H7IN2O3. The number of hydrogen-bond donors (Lipinski definition) is 2. The van der Waals surface area contributed by atoms with Crippen LogP contribution in [0.15, 0.2) is 6.20 Å². The fraction of sp³-hybridized carbons (Fsp3) is 0.333. The van der Waals surface area contributed by atoms with Crippen LogP contribution in [0, 0.1) is 3.70 Å². The van der Waals surface area contributed by atoms with Crippen LogP contribution in [0.3, 0.4) is 0 Å². The zero-order valence-corrected chi connectivity index (χ0v) is 8.22. The molecule has 12 heavy (non-hydrogen) atoms. The molecule has 6 heteroatoms. The summed E-state index contributed by atoms with van der Waals surface area (Å²) in [7, 11) is 0. The van der Waals surface area contributed by atoms with Gasteiger partial charge in [0.15, 0.2) is 0 Å². The number of hydrogen-bond acceptors (Lipinski definition) is 3. The quantitative estimate of drug-likeness (QED) is 0.775. The van der Waals surface area contributed by atoms with Crippen LogP contribution in [0.5, 0.6) is 0 Å². The second-order valence-corrected chi connectivity index (χ2v) is 3.12. The highest BCUT2D eigenvalue weighted by molar-refractivity contribution is 14.1. The van der Waals surface area contributed by atoms with Crippen LogP contribution in [0.4, 0.5) is 0 Å². The third-order valence-corrected chi connectivity index (χ3v) is 2.46. The average Bonchev–Trinajstić information content (AvgIpc) is 2.34. The predicted octanol–water partition coefficient (Wildman–Crippen LogP) is 0.178. The fourth-order valence-corrected chi connectivity index (χ4v) is 1.50. The molecule has 0 radical (unpaired) electrons. The van der Waals surface area contributed by atoms with Gasteiger partial charge < -0.3 is 10.2 Å². The van der Waals surface area contributed by atoms with Crippen molar-refractivity contribution in [2.45, 2.75) is 6.54 Å². The van der Waals surface area contributed by atoms with Crippen molar-refractivity contribution in [3.05, 3.63) is 15.5 Å². The molecule has 0 fully saturated rings. The largest absolute Gasteiger partial charge is 0.478 e. The van der Waals surface area contributed by atoms with E-state index in [0.29, 0.717) is 10.2 Å². The van der Waals surface area contributed by atoms with Crippen LogP contribution < -0.4 is 0 Å². The molecule has 1 rings (SSSR count). The maximum absolute atomic E-state index is 10.5.